The summed E-state index contributed by atoms with van der Waals surface area (Å²) in [6.07, 6.45) is 10.1. The number of aryl methyl sites for hydroxylation is 4. The Kier molecular flexibility index (Phi) is 7.54. The number of imidazole rings is 2. The molecule has 12 nitrogen and oxygen atoms in total. The summed E-state index contributed by atoms with van der Waals surface area (Å²) in [6.45, 7) is 4.91. The van der Waals surface area contributed by atoms with E-state index in [-0.39, 0.29) is 34.9 Å². The van der Waals surface area contributed by atoms with E-state index in [9.17, 15) is 19.2 Å². The Morgan fingerprint density at radius 1 is 0.700 bits per heavy atom. The number of Topliss-reactive ketones (excluding diaryl/α,β-unsaturated/α-hetero) is 2. The Morgan fingerprint density at radius 2 is 1.12 bits per heavy atom. The first-order chi connectivity index (χ1) is 24.1. The number of ketones is 2. The summed E-state index contributed by atoms with van der Waals surface area (Å²) < 4.78 is 18.9. The van der Waals surface area contributed by atoms with Crippen LogP contribution in [-0.4, -0.2) is 51.7 Å². The van der Waals surface area contributed by atoms with Crippen LogP contribution in [0.2, 0.25) is 0 Å². The van der Waals surface area contributed by atoms with Crippen molar-refractivity contribution in [2.75, 3.05) is 0 Å². The predicted octanol–water partition coefficient (Wildman–Crippen LogP) is 5.08. The molecule has 6 aromatic rings. The molecule has 4 aromatic heterocycles. The summed E-state index contributed by atoms with van der Waals surface area (Å²) in [5, 5.41) is 1.34. The summed E-state index contributed by atoms with van der Waals surface area (Å²) in [7, 11) is 3.85. The highest BCUT2D eigenvalue weighted by Crippen LogP contribution is 2.38. The molecule has 2 aromatic carbocycles. The van der Waals surface area contributed by atoms with E-state index < -0.39 is 11.9 Å². The largest absolute Gasteiger partial charge is 0.423 e. The van der Waals surface area contributed by atoms with Crippen LogP contribution in [0.3, 0.4) is 0 Å². The molecule has 2 unspecified atom stereocenters. The van der Waals surface area contributed by atoms with Crippen LogP contribution in [0.15, 0.2) is 61.2 Å². The molecule has 0 saturated carbocycles. The Labute approximate surface area is 287 Å². The van der Waals surface area contributed by atoms with Crippen LogP contribution in [-0.2, 0) is 49.6 Å². The number of ether oxygens (including phenoxy) is 2. The SMILES string of the molecule is Cc1nccn1CC1CCc2c(c3cc(OC(=O)C(=O)Oc4ccc5c(c4)c4c(n5C)CCC(Cn5ccnc5C)C4=O)ccc3n2C)C1=O. The minimum Gasteiger partial charge on any atom is -0.418 e. The number of carbonyl (C=O) groups is 4. The number of benzene rings is 2. The van der Waals surface area contributed by atoms with Crippen LogP contribution in [0.5, 0.6) is 11.5 Å². The van der Waals surface area contributed by atoms with E-state index in [2.05, 4.69) is 9.97 Å². The van der Waals surface area contributed by atoms with Gasteiger partial charge < -0.3 is 27.7 Å². The molecule has 12 heteroatoms. The number of hydrogen-bond acceptors (Lipinski definition) is 8. The minimum atomic E-state index is -1.20. The number of rotatable bonds is 6. The second-order valence-electron chi connectivity index (χ2n) is 13.4. The lowest BCUT2D eigenvalue weighted by molar-refractivity contribution is -0.156. The van der Waals surface area contributed by atoms with Crippen molar-refractivity contribution in [3.05, 3.63) is 95.3 Å². The number of nitrogens with zero attached hydrogens (tertiary/aromatic N) is 6. The standard InChI is InChI=1S/C38H36N6O6/c1-21-39-13-15-43(21)19-23-5-9-31-33(35(23)45)27-17-25(7-11-29(27)41(31)3)49-37(47)38(48)50-26-8-12-30-28(18-26)34-32(42(30)4)10-6-24(36(34)46)20-44-16-14-40-22(44)2/h7-8,11-18,23-24H,5-6,9-10,19-20H2,1-4H3. The number of hydrogen-bond donors (Lipinski definition) is 0. The summed E-state index contributed by atoms with van der Waals surface area (Å²) in [5.74, 6) is -0.786. The number of carbonyl (C=O) groups excluding carboxylic acids is 4. The fourth-order valence-corrected chi connectivity index (χ4v) is 7.82. The van der Waals surface area contributed by atoms with Gasteiger partial charge in [0.25, 0.3) is 0 Å². The van der Waals surface area contributed by atoms with E-state index in [1.165, 1.54) is 0 Å². The molecule has 0 bridgehead atoms. The number of fused-ring (bicyclic) bond motifs is 6. The average molecular weight is 673 g/mol. The van der Waals surface area contributed by atoms with Gasteiger partial charge in [-0.2, -0.15) is 0 Å². The second kappa shape index (κ2) is 12.0. The van der Waals surface area contributed by atoms with Gasteiger partial charge in [-0.15, -0.1) is 0 Å². The summed E-state index contributed by atoms with van der Waals surface area (Å²) in [5.41, 5.74) is 4.78. The van der Waals surface area contributed by atoms with Gasteiger partial charge in [0.15, 0.2) is 11.6 Å². The summed E-state index contributed by atoms with van der Waals surface area (Å²) >= 11 is 0. The van der Waals surface area contributed by atoms with Crippen molar-refractivity contribution in [2.24, 2.45) is 25.9 Å². The molecule has 2 aliphatic carbocycles. The van der Waals surface area contributed by atoms with Crippen LogP contribution in [0.1, 0.15) is 56.6 Å². The van der Waals surface area contributed by atoms with Crippen molar-refractivity contribution >= 4 is 45.3 Å². The quantitative estimate of drug-likeness (QED) is 0.136. The average Bonchev–Trinajstić information content (AvgIpc) is 3.85. The van der Waals surface area contributed by atoms with Crippen LogP contribution in [0, 0.1) is 25.7 Å². The molecule has 254 valence electrons. The normalized spacial score (nSPS) is 17.3. The topological polar surface area (TPSA) is 132 Å². The molecule has 0 radical (unpaired) electrons. The van der Waals surface area contributed by atoms with Gasteiger partial charge in [-0.3, -0.25) is 9.59 Å². The van der Waals surface area contributed by atoms with Gasteiger partial charge in [-0.1, -0.05) is 0 Å². The zero-order chi connectivity index (χ0) is 34.8. The first kappa shape index (κ1) is 31.5. The molecule has 0 spiro atoms. The lowest BCUT2D eigenvalue weighted by Crippen LogP contribution is -2.27. The van der Waals surface area contributed by atoms with Crippen molar-refractivity contribution in [2.45, 2.75) is 52.6 Å². The van der Waals surface area contributed by atoms with E-state index in [1.54, 1.807) is 48.8 Å². The molecule has 4 heterocycles. The van der Waals surface area contributed by atoms with Crippen molar-refractivity contribution < 1.29 is 28.7 Å². The van der Waals surface area contributed by atoms with E-state index in [4.69, 9.17) is 9.47 Å². The smallest absolute Gasteiger partial charge is 0.418 e. The van der Waals surface area contributed by atoms with Crippen molar-refractivity contribution in [3.63, 3.8) is 0 Å². The van der Waals surface area contributed by atoms with E-state index in [1.807, 2.05) is 58.6 Å². The lowest BCUT2D eigenvalue weighted by Gasteiger charge is -2.23. The lowest BCUT2D eigenvalue weighted by atomic mass is 9.85. The third-order valence-electron chi connectivity index (χ3n) is 10.5. The summed E-state index contributed by atoms with van der Waals surface area (Å²) in [6, 6.07) is 10.1. The highest BCUT2D eigenvalue weighted by molar-refractivity contribution is 6.31. The zero-order valence-electron chi connectivity index (χ0n) is 28.3. The molecule has 0 saturated heterocycles. The van der Waals surface area contributed by atoms with Crippen molar-refractivity contribution in [3.8, 4) is 11.5 Å². The van der Waals surface area contributed by atoms with Gasteiger partial charge in [0.05, 0.1) is 0 Å². The van der Waals surface area contributed by atoms with Gasteiger partial charge in [0, 0.05) is 108 Å². The fraction of sp³-hybridized carbons (Fsp3) is 0.316. The van der Waals surface area contributed by atoms with Crippen molar-refractivity contribution in [1.29, 1.82) is 0 Å². The number of aromatic nitrogens is 6. The molecule has 50 heavy (non-hydrogen) atoms. The molecule has 8 rings (SSSR count). The van der Waals surface area contributed by atoms with E-state index in [0.717, 1.165) is 59.8 Å². The van der Waals surface area contributed by atoms with Crippen LogP contribution in [0.4, 0.5) is 0 Å². The predicted molar refractivity (Wildman–Crippen MR) is 183 cm³/mol. The van der Waals surface area contributed by atoms with Gasteiger partial charge >= 0.3 is 11.9 Å². The number of esters is 2. The Morgan fingerprint density at radius 3 is 1.50 bits per heavy atom. The van der Waals surface area contributed by atoms with E-state index in [0.29, 0.717) is 35.0 Å². The first-order valence-corrected chi connectivity index (χ1v) is 16.8. The van der Waals surface area contributed by atoms with Gasteiger partial charge in [0.1, 0.15) is 23.1 Å². The van der Waals surface area contributed by atoms with Crippen molar-refractivity contribution in [1.82, 2.24) is 28.2 Å². The second-order valence-corrected chi connectivity index (χ2v) is 13.4. The molecule has 0 amide bonds. The molecule has 0 aliphatic heterocycles. The summed E-state index contributed by atoms with van der Waals surface area (Å²) in [4.78, 5) is 62.1. The molecular formula is C38H36N6O6. The van der Waals surface area contributed by atoms with Crippen LogP contribution < -0.4 is 9.47 Å². The third-order valence-corrected chi connectivity index (χ3v) is 10.5. The third kappa shape index (κ3) is 5.13. The fourth-order valence-electron chi connectivity index (χ4n) is 7.82. The van der Waals surface area contributed by atoms with Gasteiger partial charge in [0.2, 0.25) is 0 Å². The maximum absolute atomic E-state index is 13.8. The maximum atomic E-state index is 13.8. The van der Waals surface area contributed by atoms with Crippen LogP contribution >= 0.6 is 0 Å². The first-order valence-electron chi connectivity index (χ1n) is 16.8. The van der Waals surface area contributed by atoms with Crippen LogP contribution in [0.25, 0.3) is 21.8 Å². The molecule has 2 atom stereocenters. The van der Waals surface area contributed by atoms with Gasteiger partial charge in [-0.05, 0) is 75.9 Å². The Balaban J connectivity index is 1.01. The highest BCUT2D eigenvalue weighted by atomic mass is 16.6. The maximum Gasteiger partial charge on any atom is 0.423 e. The van der Waals surface area contributed by atoms with E-state index >= 15 is 0 Å². The molecule has 0 N–H and O–H groups in total. The zero-order valence-corrected chi connectivity index (χ0v) is 28.3. The molecular weight excluding hydrogens is 636 g/mol. The Bertz CT molecular complexity index is 2220. The monoisotopic (exact) mass is 672 g/mol. The molecule has 2 aliphatic rings. The Hall–Kier alpha value is -5.78. The van der Waals surface area contributed by atoms with Gasteiger partial charge in [-0.25, -0.2) is 19.6 Å². The highest BCUT2D eigenvalue weighted by Gasteiger charge is 2.34. The molecule has 0 fully saturated rings. The minimum absolute atomic E-state index is 0.0352.